The van der Waals surface area contributed by atoms with Gasteiger partial charge in [0, 0.05) is 17.5 Å². The van der Waals surface area contributed by atoms with E-state index in [1.54, 1.807) is 6.07 Å². The summed E-state index contributed by atoms with van der Waals surface area (Å²) >= 11 is 0. The van der Waals surface area contributed by atoms with Crippen molar-refractivity contribution in [3.05, 3.63) is 74.1 Å². The highest BCUT2D eigenvalue weighted by Crippen LogP contribution is 2.37. The maximum absolute atomic E-state index is 13.2. The second-order valence-corrected chi connectivity index (χ2v) is 6.44. The standard InChI is InChI=1S/C20H13F3N2O8/c1-31-15-4-2-3-10-7-12(19(28)33-17(10)15)18(27)32-9-16(26)24-14-6-5-11(25(29)30)8-13(14)20(21,22)23/h2-8H,9H2,1H3,(H,24,26). The van der Waals surface area contributed by atoms with Crippen LogP contribution in [0.1, 0.15) is 15.9 Å². The van der Waals surface area contributed by atoms with E-state index in [4.69, 9.17) is 13.9 Å². The van der Waals surface area contributed by atoms with Gasteiger partial charge in [0.15, 0.2) is 17.9 Å². The Balaban J connectivity index is 1.75. The fourth-order valence-electron chi connectivity index (χ4n) is 2.81. The molecule has 1 amide bonds. The number of non-ortho nitro benzene ring substituents is 1. The molecule has 0 atom stereocenters. The Labute approximate surface area is 181 Å². The first kappa shape index (κ1) is 23.2. The average molecular weight is 466 g/mol. The van der Waals surface area contributed by atoms with Crippen LogP contribution in [-0.2, 0) is 15.7 Å². The number of methoxy groups -OCH3 is 1. The fourth-order valence-corrected chi connectivity index (χ4v) is 2.81. The number of rotatable bonds is 6. The molecule has 3 rings (SSSR count). The minimum atomic E-state index is -5.00. The Bertz CT molecular complexity index is 1320. The number of halogens is 3. The van der Waals surface area contributed by atoms with Gasteiger partial charge in [0.2, 0.25) is 0 Å². The van der Waals surface area contributed by atoms with E-state index in [0.29, 0.717) is 11.5 Å². The van der Waals surface area contributed by atoms with E-state index in [1.807, 2.05) is 5.32 Å². The number of ether oxygens (including phenoxy) is 2. The van der Waals surface area contributed by atoms with Crippen LogP contribution in [0.3, 0.4) is 0 Å². The summed E-state index contributed by atoms with van der Waals surface area (Å²) in [7, 11) is 1.35. The highest BCUT2D eigenvalue weighted by molar-refractivity contribution is 5.97. The normalized spacial score (nSPS) is 11.2. The Morgan fingerprint density at radius 1 is 1.18 bits per heavy atom. The number of para-hydroxylation sites is 1. The van der Waals surface area contributed by atoms with Crippen LogP contribution < -0.4 is 15.7 Å². The van der Waals surface area contributed by atoms with E-state index in [-0.39, 0.29) is 17.4 Å². The monoisotopic (exact) mass is 466 g/mol. The summed E-state index contributed by atoms with van der Waals surface area (Å²) in [6, 6.07) is 7.51. The molecule has 10 nitrogen and oxygen atoms in total. The highest BCUT2D eigenvalue weighted by Gasteiger charge is 2.35. The number of fused-ring (bicyclic) bond motifs is 1. The first-order valence-electron chi connectivity index (χ1n) is 8.94. The van der Waals surface area contributed by atoms with Crippen LogP contribution in [0.2, 0.25) is 0 Å². The van der Waals surface area contributed by atoms with Crippen LogP contribution in [0.15, 0.2) is 51.7 Å². The van der Waals surface area contributed by atoms with Gasteiger partial charge in [0.25, 0.3) is 11.6 Å². The number of hydrogen-bond donors (Lipinski definition) is 1. The summed E-state index contributed by atoms with van der Waals surface area (Å²) in [5.41, 5.74) is -4.60. The first-order chi connectivity index (χ1) is 15.5. The molecule has 0 aliphatic carbocycles. The van der Waals surface area contributed by atoms with E-state index in [0.717, 1.165) is 12.1 Å². The van der Waals surface area contributed by atoms with Crippen molar-refractivity contribution in [1.29, 1.82) is 0 Å². The molecule has 3 aromatic rings. The van der Waals surface area contributed by atoms with E-state index in [9.17, 15) is 37.7 Å². The summed E-state index contributed by atoms with van der Waals surface area (Å²) in [6.45, 7) is -1.04. The molecule has 0 saturated carbocycles. The fraction of sp³-hybridized carbons (Fsp3) is 0.150. The topological polar surface area (TPSA) is 138 Å². The molecule has 1 heterocycles. The van der Waals surface area contributed by atoms with Gasteiger partial charge in [-0.05, 0) is 18.2 Å². The molecule has 0 spiro atoms. The number of carbonyl (C=O) groups excluding carboxylic acids is 2. The van der Waals surface area contributed by atoms with Gasteiger partial charge in [-0.25, -0.2) is 9.59 Å². The van der Waals surface area contributed by atoms with Crippen molar-refractivity contribution in [3.8, 4) is 5.75 Å². The lowest BCUT2D eigenvalue weighted by molar-refractivity contribution is -0.385. The molecule has 0 unspecified atom stereocenters. The third-order valence-corrected chi connectivity index (χ3v) is 4.29. The quantitative estimate of drug-likeness (QED) is 0.252. The van der Waals surface area contributed by atoms with Crippen LogP contribution >= 0.6 is 0 Å². The summed E-state index contributed by atoms with van der Waals surface area (Å²) in [5, 5.41) is 12.9. The summed E-state index contributed by atoms with van der Waals surface area (Å²) in [4.78, 5) is 46.1. The minimum absolute atomic E-state index is 0.0807. The molecular weight excluding hydrogens is 453 g/mol. The Morgan fingerprint density at radius 2 is 1.91 bits per heavy atom. The SMILES string of the molecule is COc1cccc2cc(C(=O)OCC(=O)Nc3ccc([N+](=O)[O-])cc3C(F)(F)F)c(=O)oc12. The maximum atomic E-state index is 13.2. The van der Waals surface area contributed by atoms with Crippen LogP contribution in [0.5, 0.6) is 5.75 Å². The lowest BCUT2D eigenvalue weighted by Crippen LogP contribution is -2.24. The predicted molar refractivity (Wildman–Crippen MR) is 106 cm³/mol. The van der Waals surface area contributed by atoms with Gasteiger partial charge in [-0.1, -0.05) is 12.1 Å². The van der Waals surface area contributed by atoms with Crippen molar-refractivity contribution in [2.75, 3.05) is 19.0 Å². The van der Waals surface area contributed by atoms with Gasteiger partial charge in [-0.3, -0.25) is 14.9 Å². The van der Waals surface area contributed by atoms with Crippen molar-refractivity contribution in [2.45, 2.75) is 6.18 Å². The molecule has 0 fully saturated rings. The van der Waals surface area contributed by atoms with Gasteiger partial charge in [0.05, 0.1) is 23.3 Å². The van der Waals surface area contributed by atoms with Crippen molar-refractivity contribution in [2.24, 2.45) is 0 Å². The Morgan fingerprint density at radius 3 is 2.55 bits per heavy atom. The summed E-state index contributed by atoms with van der Waals surface area (Å²) in [5.74, 6) is -2.18. The third-order valence-electron chi connectivity index (χ3n) is 4.29. The zero-order valence-electron chi connectivity index (χ0n) is 16.6. The molecule has 1 N–H and O–H groups in total. The smallest absolute Gasteiger partial charge is 0.418 e. The number of nitro benzene ring substituents is 1. The number of nitrogens with zero attached hydrogens (tertiary/aromatic N) is 1. The van der Waals surface area contributed by atoms with Gasteiger partial charge in [-0.15, -0.1) is 0 Å². The Hall–Kier alpha value is -4.42. The second kappa shape index (κ2) is 8.98. The zero-order chi connectivity index (χ0) is 24.3. The minimum Gasteiger partial charge on any atom is -0.493 e. The maximum Gasteiger partial charge on any atom is 0.418 e. The van der Waals surface area contributed by atoms with E-state index >= 15 is 0 Å². The molecule has 1 aromatic heterocycles. The van der Waals surface area contributed by atoms with Crippen molar-refractivity contribution >= 4 is 34.2 Å². The number of nitro groups is 1. The van der Waals surface area contributed by atoms with E-state index in [1.165, 1.54) is 19.2 Å². The molecule has 0 bridgehead atoms. The molecule has 0 aliphatic rings. The number of nitrogens with one attached hydrogen (secondary N) is 1. The second-order valence-electron chi connectivity index (χ2n) is 6.44. The van der Waals surface area contributed by atoms with E-state index in [2.05, 4.69) is 0 Å². The van der Waals surface area contributed by atoms with Crippen LogP contribution in [-0.4, -0.2) is 30.5 Å². The lowest BCUT2D eigenvalue weighted by atomic mass is 10.1. The van der Waals surface area contributed by atoms with Crippen molar-refractivity contribution in [3.63, 3.8) is 0 Å². The number of esters is 1. The van der Waals surface area contributed by atoms with Crippen LogP contribution in [0.25, 0.3) is 11.0 Å². The summed E-state index contributed by atoms with van der Waals surface area (Å²) in [6.07, 6.45) is -5.00. The number of benzene rings is 2. The van der Waals surface area contributed by atoms with Gasteiger partial charge < -0.3 is 19.2 Å². The van der Waals surface area contributed by atoms with Crippen LogP contribution in [0.4, 0.5) is 24.5 Å². The van der Waals surface area contributed by atoms with Crippen LogP contribution in [0, 0.1) is 10.1 Å². The van der Waals surface area contributed by atoms with E-state index < -0.39 is 57.7 Å². The third kappa shape index (κ3) is 5.08. The number of carbonyl (C=O) groups is 2. The average Bonchev–Trinajstić information content (AvgIpc) is 2.76. The van der Waals surface area contributed by atoms with Crippen molar-refractivity contribution < 1.29 is 41.6 Å². The molecule has 0 radical (unpaired) electrons. The number of amides is 1. The molecule has 0 saturated heterocycles. The molecule has 172 valence electrons. The van der Waals surface area contributed by atoms with Gasteiger partial charge in [0.1, 0.15) is 5.56 Å². The zero-order valence-corrected chi connectivity index (χ0v) is 16.6. The molecule has 13 heteroatoms. The number of alkyl halides is 3. The molecule has 33 heavy (non-hydrogen) atoms. The number of anilines is 1. The Kier molecular flexibility index (Phi) is 6.33. The highest BCUT2D eigenvalue weighted by atomic mass is 19.4. The van der Waals surface area contributed by atoms with Gasteiger partial charge in [-0.2, -0.15) is 13.2 Å². The van der Waals surface area contributed by atoms with Crippen molar-refractivity contribution in [1.82, 2.24) is 0 Å². The molecule has 0 aliphatic heterocycles. The molecular formula is C20H13F3N2O8. The summed E-state index contributed by atoms with van der Waals surface area (Å²) < 4.78 is 54.4. The first-order valence-corrected chi connectivity index (χ1v) is 8.94. The molecule has 2 aromatic carbocycles. The van der Waals surface area contributed by atoms with Gasteiger partial charge >= 0.3 is 17.8 Å². The largest absolute Gasteiger partial charge is 0.493 e. The predicted octanol–water partition coefficient (Wildman–Crippen LogP) is 3.52. The lowest BCUT2D eigenvalue weighted by Gasteiger charge is -2.13. The number of hydrogen-bond acceptors (Lipinski definition) is 8.